The van der Waals surface area contributed by atoms with Crippen molar-refractivity contribution < 1.29 is 36.3 Å². The Morgan fingerprint density at radius 1 is 1.11 bits per heavy atom. The van der Waals surface area contributed by atoms with E-state index in [1.54, 1.807) is 31.2 Å². The third kappa shape index (κ3) is 8.62. The molecular formula is C25H33F3N4O5S. The first-order valence-electron chi connectivity index (χ1n) is 12.0. The van der Waals surface area contributed by atoms with E-state index in [2.05, 4.69) is 20.3 Å². The Morgan fingerprint density at radius 2 is 1.71 bits per heavy atom. The first-order chi connectivity index (χ1) is 17.7. The van der Waals surface area contributed by atoms with Crippen LogP contribution in [0.1, 0.15) is 41.8 Å². The Balaban J connectivity index is 0.000000638. The maximum absolute atomic E-state index is 13.2. The number of rotatable bonds is 7. The zero-order valence-corrected chi connectivity index (χ0v) is 22.5. The van der Waals surface area contributed by atoms with Gasteiger partial charge in [0.25, 0.3) is 15.9 Å². The van der Waals surface area contributed by atoms with Gasteiger partial charge in [-0.25, -0.2) is 13.2 Å². The van der Waals surface area contributed by atoms with E-state index >= 15 is 0 Å². The Morgan fingerprint density at radius 3 is 2.24 bits per heavy atom. The topological polar surface area (TPSA) is 128 Å². The number of sulfonamides is 1. The van der Waals surface area contributed by atoms with E-state index in [0.717, 1.165) is 43.9 Å². The summed E-state index contributed by atoms with van der Waals surface area (Å²) < 4.78 is 61.0. The Hall–Kier alpha value is -3.32. The molecule has 0 radical (unpaired) electrons. The monoisotopic (exact) mass is 558 g/mol. The number of carbonyl (C=O) groups is 2. The molecule has 1 unspecified atom stereocenters. The second kappa shape index (κ2) is 13.0. The molecule has 1 atom stereocenters. The molecule has 1 saturated heterocycles. The summed E-state index contributed by atoms with van der Waals surface area (Å²) in [6, 6.07) is 10.5. The molecule has 1 aliphatic heterocycles. The zero-order valence-electron chi connectivity index (χ0n) is 21.6. The van der Waals surface area contributed by atoms with Gasteiger partial charge in [0.05, 0.1) is 16.3 Å². The van der Waals surface area contributed by atoms with Crippen LogP contribution in [0.5, 0.6) is 0 Å². The van der Waals surface area contributed by atoms with Crippen LogP contribution in [-0.2, 0) is 14.8 Å². The predicted molar refractivity (Wildman–Crippen MR) is 139 cm³/mol. The molecule has 9 nitrogen and oxygen atoms in total. The van der Waals surface area contributed by atoms with Crippen LogP contribution in [0.15, 0.2) is 41.3 Å². The van der Waals surface area contributed by atoms with Crippen LogP contribution in [0.25, 0.3) is 0 Å². The van der Waals surface area contributed by atoms with Gasteiger partial charge in [-0.05, 0) is 57.0 Å². The van der Waals surface area contributed by atoms with Crippen molar-refractivity contribution in [3.63, 3.8) is 0 Å². The molecule has 0 saturated carbocycles. The number of carboxylic acid groups (broad SMARTS) is 1. The lowest BCUT2D eigenvalue weighted by Crippen LogP contribution is -2.43. The molecule has 1 aliphatic rings. The highest BCUT2D eigenvalue weighted by molar-refractivity contribution is 7.92. The van der Waals surface area contributed by atoms with E-state index < -0.39 is 22.2 Å². The Labute approximate surface area is 220 Å². The van der Waals surface area contributed by atoms with Gasteiger partial charge in [-0.2, -0.15) is 13.2 Å². The van der Waals surface area contributed by atoms with Gasteiger partial charge in [0.15, 0.2) is 0 Å². The van der Waals surface area contributed by atoms with Gasteiger partial charge in [-0.15, -0.1) is 0 Å². The van der Waals surface area contributed by atoms with Gasteiger partial charge in [0, 0.05) is 37.8 Å². The number of carboxylic acids is 1. The molecule has 38 heavy (non-hydrogen) atoms. The van der Waals surface area contributed by atoms with Crippen molar-refractivity contribution in [2.75, 3.05) is 35.8 Å². The summed E-state index contributed by atoms with van der Waals surface area (Å²) in [4.78, 5) is 23.9. The first kappa shape index (κ1) is 30.9. The largest absolute Gasteiger partial charge is 0.490 e. The molecule has 0 aromatic heterocycles. The smallest absolute Gasteiger partial charge is 0.475 e. The van der Waals surface area contributed by atoms with Crippen LogP contribution >= 0.6 is 0 Å². The Bertz CT molecular complexity index is 1250. The van der Waals surface area contributed by atoms with E-state index in [4.69, 9.17) is 9.90 Å². The van der Waals surface area contributed by atoms with Gasteiger partial charge < -0.3 is 20.6 Å². The number of aliphatic carboxylic acids is 1. The number of hydrogen-bond donors (Lipinski definition) is 4. The van der Waals surface area contributed by atoms with E-state index in [0.29, 0.717) is 16.8 Å². The number of nitrogens with one attached hydrogen (secondary N) is 3. The summed E-state index contributed by atoms with van der Waals surface area (Å²) in [6.07, 6.45) is -4.27. The summed E-state index contributed by atoms with van der Waals surface area (Å²) in [5.74, 6) is -2.97. The molecular weight excluding hydrogens is 525 g/mol. The lowest BCUT2D eigenvalue weighted by molar-refractivity contribution is -0.192. The molecule has 4 N–H and O–H groups in total. The molecule has 1 amide bonds. The van der Waals surface area contributed by atoms with E-state index in [9.17, 15) is 26.4 Å². The third-order valence-corrected chi connectivity index (χ3v) is 7.34. The average Bonchev–Trinajstić information content (AvgIpc) is 2.83. The van der Waals surface area contributed by atoms with Gasteiger partial charge in [-0.3, -0.25) is 9.52 Å². The van der Waals surface area contributed by atoms with Crippen LogP contribution < -0.4 is 20.3 Å². The van der Waals surface area contributed by atoms with Gasteiger partial charge in [0.1, 0.15) is 0 Å². The second-order valence-electron chi connectivity index (χ2n) is 8.93. The number of amides is 1. The SMILES string of the molecule is CCC(C)NC(=O)c1ccc(N2CCNCC2)c(NS(=O)(=O)c2ccc(C)cc2C)c1.O=C(O)C(F)(F)F. The molecule has 13 heteroatoms. The third-order valence-electron chi connectivity index (χ3n) is 5.81. The normalized spacial score (nSPS) is 14.7. The number of hydrogen-bond acceptors (Lipinski definition) is 6. The maximum Gasteiger partial charge on any atom is 0.490 e. The Kier molecular flexibility index (Phi) is 10.5. The number of benzene rings is 2. The molecule has 2 aromatic rings. The fraction of sp³-hybridized carbons (Fsp3) is 0.440. The summed E-state index contributed by atoms with van der Waals surface area (Å²) in [5, 5.41) is 13.4. The summed E-state index contributed by atoms with van der Waals surface area (Å²) in [5.41, 5.74) is 3.30. The number of carbonyl (C=O) groups excluding carboxylic acids is 1. The number of alkyl halides is 3. The molecule has 1 fully saturated rings. The zero-order chi connectivity index (χ0) is 28.7. The molecule has 3 rings (SSSR count). The molecule has 0 spiro atoms. The maximum atomic E-state index is 13.2. The minimum Gasteiger partial charge on any atom is -0.475 e. The van der Waals surface area contributed by atoms with Crippen molar-refractivity contribution in [1.29, 1.82) is 0 Å². The van der Waals surface area contributed by atoms with E-state index in [1.165, 1.54) is 0 Å². The predicted octanol–water partition coefficient (Wildman–Crippen LogP) is 3.68. The molecule has 210 valence electrons. The van der Waals surface area contributed by atoms with Crippen molar-refractivity contribution >= 4 is 33.3 Å². The summed E-state index contributed by atoms with van der Waals surface area (Å²) in [7, 11) is -3.82. The molecule has 0 aliphatic carbocycles. The second-order valence-corrected chi connectivity index (χ2v) is 10.6. The quantitative estimate of drug-likeness (QED) is 0.408. The highest BCUT2D eigenvalue weighted by Crippen LogP contribution is 2.31. The van der Waals surface area contributed by atoms with Crippen LogP contribution in [-0.4, -0.2) is 63.8 Å². The van der Waals surface area contributed by atoms with Gasteiger partial charge in [-0.1, -0.05) is 24.6 Å². The summed E-state index contributed by atoms with van der Waals surface area (Å²) in [6.45, 7) is 10.8. The summed E-state index contributed by atoms with van der Waals surface area (Å²) >= 11 is 0. The van der Waals surface area contributed by atoms with E-state index in [-0.39, 0.29) is 16.8 Å². The number of nitrogens with zero attached hydrogens (tertiary/aromatic N) is 1. The van der Waals surface area contributed by atoms with Crippen LogP contribution in [0.3, 0.4) is 0 Å². The lowest BCUT2D eigenvalue weighted by Gasteiger charge is -2.31. The highest BCUT2D eigenvalue weighted by Gasteiger charge is 2.38. The minimum atomic E-state index is -5.08. The number of piperazine rings is 1. The van der Waals surface area contributed by atoms with E-state index in [1.807, 2.05) is 32.9 Å². The van der Waals surface area contributed by atoms with Crippen molar-refractivity contribution in [2.45, 2.75) is 51.2 Å². The molecule has 2 aromatic carbocycles. The van der Waals surface area contributed by atoms with Crippen molar-refractivity contribution in [3.05, 3.63) is 53.1 Å². The number of anilines is 2. The van der Waals surface area contributed by atoms with Crippen LogP contribution in [0, 0.1) is 13.8 Å². The number of halogens is 3. The standard InChI is InChI=1S/C23H32N4O3S.C2HF3O2/c1-5-18(4)25-23(28)19-7-8-21(27-12-10-24-11-13-27)20(15-19)26-31(29,30)22-9-6-16(2)14-17(22)3;3-2(4,5)1(6)7/h6-9,14-15,18,24,26H,5,10-13H2,1-4H3,(H,25,28);(H,6,7). The van der Waals surface area contributed by atoms with Gasteiger partial charge in [0.2, 0.25) is 0 Å². The van der Waals surface area contributed by atoms with Crippen molar-refractivity contribution in [2.24, 2.45) is 0 Å². The molecule has 1 heterocycles. The fourth-order valence-electron chi connectivity index (χ4n) is 3.65. The van der Waals surface area contributed by atoms with Crippen LogP contribution in [0.2, 0.25) is 0 Å². The van der Waals surface area contributed by atoms with Crippen molar-refractivity contribution in [3.8, 4) is 0 Å². The average molecular weight is 559 g/mol. The lowest BCUT2D eigenvalue weighted by atomic mass is 10.1. The highest BCUT2D eigenvalue weighted by atomic mass is 32.2. The first-order valence-corrected chi connectivity index (χ1v) is 13.4. The fourth-order valence-corrected chi connectivity index (χ4v) is 4.94. The number of aryl methyl sites for hydroxylation is 2. The minimum absolute atomic E-state index is 0.0377. The van der Waals surface area contributed by atoms with Crippen LogP contribution in [0.4, 0.5) is 24.5 Å². The van der Waals surface area contributed by atoms with Crippen molar-refractivity contribution in [1.82, 2.24) is 10.6 Å². The van der Waals surface area contributed by atoms with Gasteiger partial charge >= 0.3 is 12.1 Å². The molecule has 0 bridgehead atoms.